The van der Waals surface area contributed by atoms with E-state index in [1.165, 1.54) is 0 Å². The fourth-order valence-corrected chi connectivity index (χ4v) is 7.11. The van der Waals surface area contributed by atoms with Crippen molar-refractivity contribution in [2.75, 3.05) is 0 Å². The van der Waals surface area contributed by atoms with Crippen LogP contribution >= 0.6 is 0 Å². The molecule has 0 spiro atoms. The summed E-state index contributed by atoms with van der Waals surface area (Å²) in [5.74, 6) is 0. The van der Waals surface area contributed by atoms with Crippen LogP contribution in [-0.4, -0.2) is 0 Å². The third kappa shape index (κ3) is 4.03. The summed E-state index contributed by atoms with van der Waals surface area (Å²) in [7, 11) is 0. The van der Waals surface area contributed by atoms with Crippen LogP contribution in [0.15, 0.2) is 174 Å². The smallest absolute Gasteiger partial charge is 0.135 e. The molecule has 0 amide bonds. The maximum Gasteiger partial charge on any atom is 0.135 e. The van der Waals surface area contributed by atoms with Gasteiger partial charge in [0.15, 0.2) is 0 Å². The molecule has 0 saturated heterocycles. The van der Waals surface area contributed by atoms with Crippen LogP contribution in [0.5, 0.6) is 0 Å². The zero-order valence-electron chi connectivity index (χ0n) is 33.0. The molecule has 10 aromatic rings. The van der Waals surface area contributed by atoms with Gasteiger partial charge in [-0.2, -0.15) is 0 Å². The zero-order valence-corrected chi connectivity index (χ0v) is 25.0. The van der Waals surface area contributed by atoms with E-state index in [-0.39, 0.29) is 45.7 Å². The largest absolute Gasteiger partial charge is 0.456 e. The molecular weight excluding hydrogens is 569 g/mol. The topological polar surface area (TPSA) is 13.1 Å². The third-order valence-electron chi connectivity index (χ3n) is 9.29. The van der Waals surface area contributed by atoms with Crippen LogP contribution < -0.4 is 0 Å². The second-order valence-electron chi connectivity index (χ2n) is 11.9. The Hall–Kier alpha value is -6.18. The van der Waals surface area contributed by atoms with Gasteiger partial charge >= 0.3 is 0 Å². The van der Waals surface area contributed by atoms with E-state index >= 15 is 0 Å². The van der Waals surface area contributed by atoms with Crippen molar-refractivity contribution < 1.29 is 15.4 Å². The van der Waals surface area contributed by atoms with Crippen molar-refractivity contribution in [3.05, 3.63) is 170 Å². The molecule has 0 unspecified atom stereocenters. The van der Waals surface area contributed by atoms with Crippen LogP contribution in [0.1, 0.15) is 11.0 Å². The molecule has 218 valence electrons. The summed E-state index contributed by atoms with van der Waals surface area (Å²) in [6.07, 6.45) is 0. The van der Waals surface area contributed by atoms with Crippen LogP contribution in [0.4, 0.5) is 0 Å². The summed E-state index contributed by atoms with van der Waals surface area (Å²) >= 11 is 0. The second-order valence-corrected chi connectivity index (χ2v) is 11.9. The highest BCUT2D eigenvalue weighted by atomic mass is 16.3. The van der Waals surface area contributed by atoms with Gasteiger partial charge in [-0.3, -0.25) is 0 Å². The highest BCUT2D eigenvalue weighted by molar-refractivity contribution is 6.22. The summed E-state index contributed by atoms with van der Waals surface area (Å²) in [5.41, 5.74) is 5.22. The monoisotopic (exact) mass is 604 g/mol. The van der Waals surface area contributed by atoms with Gasteiger partial charge in [0.1, 0.15) is 11.2 Å². The predicted molar refractivity (Wildman–Crippen MR) is 200 cm³/mol. The van der Waals surface area contributed by atoms with E-state index in [1.54, 1.807) is 0 Å². The molecule has 0 aliphatic rings. The van der Waals surface area contributed by atoms with Crippen LogP contribution in [-0.2, 0) is 0 Å². The predicted octanol–water partition coefficient (Wildman–Crippen LogP) is 13.2. The van der Waals surface area contributed by atoms with Gasteiger partial charge in [0.25, 0.3) is 0 Å². The van der Waals surface area contributed by atoms with E-state index in [1.807, 2.05) is 115 Å². The van der Waals surface area contributed by atoms with Crippen molar-refractivity contribution in [2.45, 2.75) is 0 Å². The molecule has 0 atom stereocenters. The molecule has 1 aromatic heterocycles. The first-order valence-corrected chi connectivity index (χ1v) is 15.5. The molecule has 1 nitrogen and oxygen atoms in total. The number of hydrogen-bond acceptors (Lipinski definition) is 1. The van der Waals surface area contributed by atoms with E-state index in [9.17, 15) is 5.48 Å². The number of fused-ring (bicyclic) bond motifs is 8. The highest BCUT2D eigenvalue weighted by Crippen LogP contribution is 2.45. The third-order valence-corrected chi connectivity index (χ3v) is 9.29. The van der Waals surface area contributed by atoms with Crippen molar-refractivity contribution in [3.8, 4) is 33.4 Å². The van der Waals surface area contributed by atoms with Crippen molar-refractivity contribution in [1.82, 2.24) is 0 Å². The van der Waals surface area contributed by atoms with E-state index < -0.39 is 24.2 Å². The van der Waals surface area contributed by atoms with Gasteiger partial charge < -0.3 is 4.42 Å². The van der Waals surface area contributed by atoms with E-state index in [4.69, 9.17) is 9.90 Å². The van der Waals surface area contributed by atoms with Crippen molar-refractivity contribution in [2.24, 2.45) is 0 Å². The molecule has 10 rings (SSSR count). The quantitative estimate of drug-likeness (QED) is 0.144. The lowest BCUT2D eigenvalue weighted by Gasteiger charge is -2.18. The minimum absolute atomic E-state index is 0.191. The Morgan fingerprint density at radius 3 is 1.62 bits per heavy atom. The summed E-state index contributed by atoms with van der Waals surface area (Å²) in [5, 5.41) is 6.79. The molecular formula is C46H28O. The van der Waals surface area contributed by atoms with Gasteiger partial charge in [0, 0.05) is 10.8 Å². The SMILES string of the molecule is [2H]c1c([2H])c([2H])c2c(-c3ccc4c(ccc5ccccc54)c3)c3c([2H])c([2H])c([2H])c([2H])c3c(-c3ccc(-c4ccc5oc6ccccc6c5c4)cc3)c2c1[2H]. The summed E-state index contributed by atoms with van der Waals surface area (Å²) in [6.45, 7) is 0. The Morgan fingerprint density at radius 2 is 0.872 bits per heavy atom. The number of rotatable bonds is 3. The van der Waals surface area contributed by atoms with Gasteiger partial charge in [-0.25, -0.2) is 0 Å². The van der Waals surface area contributed by atoms with Gasteiger partial charge in [-0.1, -0.05) is 145 Å². The average Bonchev–Trinajstić information content (AvgIpc) is 3.60. The maximum atomic E-state index is 9.31. The normalized spacial score (nSPS) is 14.2. The first-order valence-electron chi connectivity index (χ1n) is 19.5. The minimum Gasteiger partial charge on any atom is -0.456 e. The lowest BCUT2D eigenvalue weighted by Crippen LogP contribution is -1.91. The molecule has 9 aromatic carbocycles. The first-order chi connectivity index (χ1) is 26.6. The van der Waals surface area contributed by atoms with Crippen LogP contribution in [0.3, 0.4) is 0 Å². The van der Waals surface area contributed by atoms with Crippen LogP contribution in [0.25, 0.3) is 98.4 Å². The Kier molecular flexibility index (Phi) is 4.19. The molecule has 0 bridgehead atoms. The molecule has 0 saturated carbocycles. The Bertz CT molecular complexity index is 3210. The van der Waals surface area contributed by atoms with E-state index in [2.05, 4.69) is 6.07 Å². The number of para-hydroxylation sites is 1. The van der Waals surface area contributed by atoms with Crippen LogP contribution in [0, 0.1) is 0 Å². The molecule has 0 N–H and O–H groups in total. The molecule has 0 radical (unpaired) electrons. The van der Waals surface area contributed by atoms with Crippen molar-refractivity contribution in [3.63, 3.8) is 0 Å². The minimum atomic E-state index is -0.424. The van der Waals surface area contributed by atoms with Gasteiger partial charge in [-0.15, -0.1) is 0 Å². The van der Waals surface area contributed by atoms with Gasteiger partial charge in [0.05, 0.1) is 11.0 Å². The van der Waals surface area contributed by atoms with Gasteiger partial charge in [0.2, 0.25) is 0 Å². The Labute approximate surface area is 283 Å². The van der Waals surface area contributed by atoms with E-state index in [0.29, 0.717) is 22.3 Å². The highest BCUT2D eigenvalue weighted by Gasteiger charge is 2.17. The maximum absolute atomic E-state index is 9.31. The Morgan fingerprint density at radius 1 is 0.340 bits per heavy atom. The molecule has 0 fully saturated rings. The fraction of sp³-hybridized carbons (Fsp3) is 0. The lowest BCUT2D eigenvalue weighted by molar-refractivity contribution is 0.669. The number of furan rings is 1. The second kappa shape index (κ2) is 10.2. The van der Waals surface area contributed by atoms with Gasteiger partial charge in [-0.05, 0) is 101 Å². The van der Waals surface area contributed by atoms with Crippen molar-refractivity contribution in [1.29, 1.82) is 0 Å². The molecule has 47 heavy (non-hydrogen) atoms. The standard InChI is InChI=1S/C46H28O/c1-2-10-35-30(9-1)19-22-33-27-34(23-25-36(33)35)46-40-14-5-3-12-38(40)45(39-13-4-6-15-41(39)46)31-20-17-29(18-21-31)32-24-26-44-42(28-32)37-11-7-8-16-43(37)47-44/h1-28H/i3D,4D,5D,6D,12D,13D,14D,15D. The average molecular weight is 605 g/mol. The molecule has 0 aliphatic heterocycles. The summed E-state index contributed by atoms with van der Waals surface area (Å²) < 4.78 is 78.3. The Balaban J connectivity index is 1.28. The lowest BCUT2D eigenvalue weighted by atomic mass is 9.85. The number of hydrogen-bond donors (Lipinski definition) is 0. The molecule has 1 heteroatoms. The molecule has 1 heterocycles. The van der Waals surface area contributed by atoms with Crippen molar-refractivity contribution >= 4 is 65.0 Å². The molecule has 0 aliphatic carbocycles. The van der Waals surface area contributed by atoms with E-state index in [0.717, 1.165) is 54.6 Å². The first kappa shape index (κ1) is 19.4. The summed E-state index contributed by atoms with van der Waals surface area (Å²) in [6, 6.07) is 36.5. The fourth-order valence-electron chi connectivity index (χ4n) is 7.11. The summed E-state index contributed by atoms with van der Waals surface area (Å²) in [4.78, 5) is 0. The zero-order chi connectivity index (χ0) is 37.9. The number of benzene rings is 9. The van der Waals surface area contributed by atoms with Crippen LogP contribution in [0.2, 0.25) is 0 Å².